The third kappa shape index (κ3) is 1.82. The Hall–Kier alpha value is -1.52. The van der Waals surface area contributed by atoms with Crippen molar-refractivity contribution in [1.29, 1.82) is 0 Å². The second kappa shape index (κ2) is 3.56. The highest BCUT2D eigenvalue weighted by Gasteiger charge is 2.43. The monoisotopic (exact) mass is 210 g/mol. The summed E-state index contributed by atoms with van der Waals surface area (Å²) in [6, 6.07) is 0. The SMILES string of the molecule is C=CC(=O)N1CCC2(CC1)CNC(=O)O2. The quantitative estimate of drug-likeness (QED) is 0.632. The highest BCUT2D eigenvalue weighted by Crippen LogP contribution is 2.29. The van der Waals surface area contributed by atoms with Crippen molar-refractivity contribution in [3.8, 4) is 0 Å². The topological polar surface area (TPSA) is 58.6 Å². The molecule has 0 aromatic heterocycles. The van der Waals surface area contributed by atoms with Gasteiger partial charge < -0.3 is 15.0 Å². The number of rotatable bonds is 1. The average Bonchev–Trinajstić information content (AvgIpc) is 2.60. The fraction of sp³-hybridized carbons (Fsp3) is 0.600. The summed E-state index contributed by atoms with van der Waals surface area (Å²) in [5, 5.41) is 2.65. The fourth-order valence-electron chi connectivity index (χ4n) is 2.04. The van der Waals surface area contributed by atoms with Crippen molar-refractivity contribution < 1.29 is 14.3 Å². The Kier molecular flexibility index (Phi) is 2.38. The molecule has 2 saturated heterocycles. The Morgan fingerprint density at radius 3 is 2.67 bits per heavy atom. The second-order valence-electron chi connectivity index (χ2n) is 3.96. The summed E-state index contributed by atoms with van der Waals surface area (Å²) >= 11 is 0. The van der Waals surface area contributed by atoms with Gasteiger partial charge >= 0.3 is 6.09 Å². The minimum Gasteiger partial charge on any atom is -0.441 e. The molecule has 15 heavy (non-hydrogen) atoms. The summed E-state index contributed by atoms with van der Waals surface area (Å²) in [5.74, 6) is -0.0536. The summed E-state index contributed by atoms with van der Waals surface area (Å²) in [4.78, 5) is 24.0. The minimum absolute atomic E-state index is 0.0536. The smallest absolute Gasteiger partial charge is 0.407 e. The summed E-state index contributed by atoms with van der Waals surface area (Å²) in [7, 11) is 0. The molecule has 82 valence electrons. The zero-order valence-corrected chi connectivity index (χ0v) is 8.49. The lowest BCUT2D eigenvalue weighted by Gasteiger charge is -2.36. The van der Waals surface area contributed by atoms with Crippen LogP contribution < -0.4 is 5.32 Å². The van der Waals surface area contributed by atoms with E-state index in [9.17, 15) is 9.59 Å². The van der Waals surface area contributed by atoms with Crippen LogP contribution in [0.1, 0.15) is 12.8 Å². The molecule has 2 aliphatic heterocycles. The van der Waals surface area contributed by atoms with Crippen molar-refractivity contribution in [3.05, 3.63) is 12.7 Å². The number of carbonyl (C=O) groups excluding carboxylic acids is 2. The Morgan fingerprint density at radius 1 is 1.53 bits per heavy atom. The minimum atomic E-state index is -0.380. The second-order valence-corrected chi connectivity index (χ2v) is 3.96. The predicted octanol–water partition coefficient (Wildman–Crippen LogP) is 0.273. The van der Waals surface area contributed by atoms with Crippen LogP contribution in [-0.2, 0) is 9.53 Å². The standard InChI is InChI=1S/C10H14N2O3/c1-2-8(13)12-5-3-10(4-6-12)7-11-9(14)15-10/h2H,1,3-7H2,(H,11,14). The zero-order chi connectivity index (χ0) is 10.9. The van der Waals surface area contributed by atoms with Gasteiger partial charge in [-0.1, -0.05) is 6.58 Å². The number of alkyl carbamates (subject to hydrolysis) is 1. The molecule has 2 heterocycles. The first-order valence-electron chi connectivity index (χ1n) is 5.03. The molecule has 1 N–H and O–H groups in total. The van der Waals surface area contributed by atoms with Gasteiger partial charge in [0.15, 0.2) is 0 Å². The molecule has 2 amide bonds. The molecule has 0 radical (unpaired) electrons. The molecule has 0 unspecified atom stereocenters. The van der Waals surface area contributed by atoms with Gasteiger partial charge in [-0.2, -0.15) is 0 Å². The number of hydrogen-bond donors (Lipinski definition) is 1. The molecule has 0 saturated carbocycles. The lowest BCUT2D eigenvalue weighted by Crippen LogP contribution is -2.48. The molecule has 0 bridgehead atoms. The lowest BCUT2D eigenvalue weighted by molar-refractivity contribution is -0.129. The van der Waals surface area contributed by atoms with Crippen molar-refractivity contribution in [2.45, 2.75) is 18.4 Å². The van der Waals surface area contributed by atoms with E-state index in [4.69, 9.17) is 4.74 Å². The van der Waals surface area contributed by atoms with Crippen LogP contribution in [0, 0.1) is 0 Å². The van der Waals surface area contributed by atoms with E-state index in [2.05, 4.69) is 11.9 Å². The first-order chi connectivity index (χ1) is 7.15. The van der Waals surface area contributed by atoms with Crippen LogP contribution in [0.2, 0.25) is 0 Å². The van der Waals surface area contributed by atoms with Crippen LogP contribution >= 0.6 is 0 Å². The van der Waals surface area contributed by atoms with E-state index in [1.807, 2.05) is 0 Å². The maximum Gasteiger partial charge on any atom is 0.407 e. The van der Waals surface area contributed by atoms with Gasteiger partial charge in [-0.3, -0.25) is 4.79 Å². The Morgan fingerprint density at radius 2 is 2.20 bits per heavy atom. The van der Waals surface area contributed by atoms with E-state index in [-0.39, 0.29) is 17.6 Å². The van der Waals surface area contributed by atoms with E-state index in [0.717, 1.165) is 0 Å². The molecule has 0 aromatic carbocycles. The summed E-state index contributed by atoms with van der Waals surface area (Å²) in [5.41, 5.74) is -0.380. The van der Waals surface area contributed by atoms with Gasteiger partial charge in [0.05, 0.1) is 6.54 Å². The van der Waals surface area contributed by atoms with Crippen LogP contribution in [0.15, 0.2) is 12.7 Å². The Bertz CT molecular complexity index is 306. The van der Waals surface area contributed by atoms with Crippen molar-refractivity contribution in [1.82, 2.24) is 10.2 Å². The predicted molar refractivity (Wildman–Crippen MR) is 53.2 cm³/mol. The summed E-state index contributed by atoms with van der Waals surface area (Å²) in [6.45, 7) is 5.26. The molecule has 1 spiro atoms. The highest BCUT2D eigenvalue weighted by molar-refractivity contribution is 5.87. The number of hydrogen-bond acceptors (Lipinski definition) is 3. The molecule has 0 aromatic rings. The fourth-order valence-corrected chi connectivity index (χ4v) is 2.04. The van der Waals surface area contributed by atoms with E-state index in [0.29, 0.717) is 32.5 Å². The molecule has 2 aliphatic rings. The van der Waals surface area contributed by atoms with Crippen LogP contribution in [0.3, 0.4) is 0 Å². The number of carbonyl (C=O) groups is 2. The molecule has 5 nitrogen and oxygen atoms in total. The van der Waals surface area contributed by atoms with E-state index < -0.39 is 0 Å². The van der Waals surface area contributed by atoms with Gasteiger partial charge in [-0.25, -0.2) is 4.79 Å². The largest absolute Gasteiger partial charge is 0.441 e. The molecular formula is C10H14N2O3. The van der Waals surface area contributed by atoms with Crippen LogP contribution in [0.4, 0.5) is 4.79 Å². The van der Waals surface area contributed by atoms with Crippen LogP contribution in [0.5, 0.6) is 0 Å². The van der Waals surface area contributed by atoms with Crippen molar-refractivity contribution in [2.24, 2.45) is 0 Å². The average molecular weight is 210 g/mol. The Balaban J connectivity index is 1.94. The zero-order valence-electron chi connectivity index (χ0n) is 8.49. The lowest BCUT2D eigenvalue weighted by atomic mass is 9.91. The molecular weight excluding hydrogens is 196 g/mol. The number of likely N-dealkylation sites (tertiary alicyclic amines) is 1. The molecule has 5 heteroatoms. The van der Waals surface area contributed by atoms with E-state index in [1.54, 1.807) is 4.90 Å². The Labute approximate surface area is 88.1 Å². The number of amides is 2. The van der Waals surface area contributed by atoms with Gasteiger partial charge in [0.2, 0.25) is 5.91 Å². The van der Waals surface area contributed by atoms with E-state index in [1.165, 1.54) is 6.08 Å². The van der Waals surface area contributed by atoms with Gasteiger partial charge in [-0.05, 0) is 6.08 Å². The maximum atomic E-state index is 11.3. The molecule has 0 aliphatic carbocycles. The van der Waals surface area contributed by atoms with Crippen molar-refractivity contribution in [3.63, 3.8) is 0 Å². The maximum absolute atomic E-state index is 11.3. The molecule has 0 atom stereocenters. The molecule has 2 rings (SSSR count). The van der Waals surface area contributed by atoms with Gasteiger partial charge in [0.1, 0.15) is 5.60 Å². The number of ether oxygens (including phenoxy) is 1. The third-order valence-corrected chi connectivity index (χ3v) is 3.03. The van der Waals surface area contributed by atoms with Gasteiger partial charge in [0, 0.05) is 25.9 Å². The van der Waals surface area contributed by atoms with E-state index >= 15 is 0 Å². The summed E-state index contributed by atoms with van der Waals surface area (Å²) < 4.78 is 5.24. The van der Waals surface area contributed by atoms with Gasteiger partial charge in [0.25, 0.3) is 0 Å². The normalized spacial score (nSPS) is 23.5. The van der Waals surface area contributed by atoms with Gasteiger partial charge in [-0.15, -0.1) is 0 Å². The number of nitrogens with zero attached hydrogens (tertiary/aromatic N) is 1. The van der Waals surface area contributed by atoms with Crippen LogP contribution in [0.25, 0.3) is 0 Å². The van der Waals surface area contributed by atoms with Crippen LogP contribution in [-0.4, -0.2) is 42.1 Å². The first kappa shape index (κ1) is 10.0. The number of piperidine rings is 1. The third-order valence-electron chi connectivity index (χ3n) is 3.03. The summed E-state index contributed by atoms with van der Waals surface area (Å²) in [6.07, 6.45) is 2.37. The van der Waals surface area contributed by atoms with Crippen molar-refractivity contribution >= 4 is 12.0 Å². The number of nitrogens with one attached hydrogen (secondary N) is 1. The first-order valence-corrected chi connectivity index (χ1v) is 5.03. The molecule has 2 fully saturated rings. The highest BCUT2D eigenvalue weighted by atomic mass is 16.6. The van der Waals surface area contributed by atoms with Crippen molar-refractivity contribution in [2.75, 3.05) is 19.6 Å².